The van der Waals surface area contributed by atoms with Gasteiger partial charge in [-0.1, -0.05) is 0 Å². The van der Waals surface area contributed by atoms with Crippen molar-refractivity contribution in [1.29, 1.82) is 0 Å². The summed E-state index contributed by atoms with van der Waals surface area (Å²) in [5.74, 6) is -0.272. The molecule has 0 rings (SSSR count). The maximum absolute atomic E-state index is 11.7. The van der Waals surface area contributed by atoms with Gasteiger partial charge in [-0.25, -0.2) is 9.59 Å². The maximum Gasteiger partial charge on any atom is 0.408 e. The summed E-state index contributed by atoms with van der Waals surface area (Å²) in [6, 6.07) is -0.713. The molecule has 0 saturated carbocycles. The van der Waals surface area contributed by atoms with E-state index >= 15 is 0 Å². The summed E-state index contributed by atoms with van der Waals surface area (Å²) in [7, 11) is 1.26. The fraction of sp³-hybridized carbons (Fsp3) is 0.769. The minimum absolute atomic E-state index is 0.262. The second-order valence-electron chi connectivity index (χ2n) is 5.28. The first kappa shape index (κ1) is 19.6. The highest BCUT2D eigenvalue weighted by Gasteiger charge is 2.22. The predicted octanol–water partition coefficient (Wildman–Crippen LogP) is 0.922. The van der Waals surface area contributed by atoms with Gasteiger partial charge in [-0.3, -0.25) is 4.79 Å². The number of esters is 1. The largest absolute Gasteiger partial charge is 0.467 e. The van der Waals surface area contributed by atoms with Gasteiger partial charge in [-0.15, -0.1) is 0 Å². The van der Waals surface area contributed by atoms with E-state index in [0.29, 0.717) is 12.2 Å². The minimum Gasteiger partial charge on any atom is -0.467 e. The summed E-state index contributed by atoms with van der Waals surface area (Å²) < 4.78 is 9.63. The summed E-state index contributed by atoms with van der Waals surface area (Å²) in [5.41, 5.74) is -0.631. The van der Waals surface area contributed by atoms with Crippen LogP contribution in [0, 0.1) is 0 Å². The molecule has 0 aliphatic carbocycles. The Morgan fingerprint density at radius 2 is 1.86 bits per heavy atom. The third-order valence-electron chi connectivity index (χ3n) is 2.22. The van der Waals surface area contributed by atoms with Crippen molar-refractivity contribution in [3.63, 3.8) is 0 Å². The Balaban J connectivity index is 4.25. The summed E-state index contributed by atoms with van der Waals surface area (Å²) in [6.07, 6.45) is 1.68. The van der Waals surface area contributed by atoms with Crippen molar-refractivity contribution >= 4 is 29.7 Å². The maximum atomic E-state index is 11.7. The summed E-state index contributed by atoms with van der Waals surface area (Å²) in [6.45, 7) is 4.91. The van der Waals surface area contributed by atoms with Crippen LogP contribution in [-0.4, -0.2) is 55.3 Å². The lowest BCUT2D eigenvalue weighted by atomic mass is 10.2. The molecule has 0 fully saturated rings. The number of nitrogens with one attached hydrogen (secondary N) is 2. The number of alkyl carbamates (subject to hydrolysis) is 1. The molecule has 0 aliphatic heterocycles. The summed E-state index contributed by atoms with van der Waals surface area (Å²) in [4.78, 5) is 34.6. The third kappa shape index (κ3) is 10.0. The zero-order valence-electron chi connectivity index (χ0n) is 13.1. The van der Waals surface area contributed by atoms with E-state index in [1.54, 1.807) is 32.5 Å². The topological polar surface area (TPSA) is 93.7 Å². The van der Waals surface area contributed by atoms with Crippen LogP contribution in [0.25, 0.3) is 0 Å². The molecule has 7 nitrogen and oxygen atoms in total. The average molecular weight is 320 g/mol. The monoisotopic (exact) mass is 320 g/mol. The average Bonchev–Trinajstić information content (AvgIpc) is 2.38. The van der Waals surface area contributed by atoms with E-state index in [0.717, 1.165) is 0 Å². The second-order valence-corrected chi connectivity index (χ2v) is 6.27. The van der Waals surface area contributed by atoms with E-state index in [9.17, 15) is 14.4 Å². The lowest BCUT2D eigenvalue weighted by Crippen LogP contribution is -2.46. The standard InChI is InChI=1S/C13H24N2O5S/c1-13(2,3)20-12(18)14-8-10(16)15-9(6-7-21-5)11(17)19-4/h9H,6-8H2,1-5H3,(H,14,18)(H,15,16)/t9-/m1/s1. The number of hydrogen-bond acceptors (Lipinski definition) is 6. The molecule has 0 unspecified atom stereocenters. The van der Waals surface area contributed by atoms with Crippen LogP contribution in [0.15, 0.2) is 0 Å². The normalized spacial score (nSPS) is 12.2. The number of methoxy groups -OCH3 is 1. The molecule has 1 atom stereocenters. The van der Waals surface area contributed by atoms with E-state index in [-0.39, 0.29) is 6.54 Å². The van der Waals surface area contributed by atoms with Gasteiger partial charge in [0.05, 0.1) is 7.11 Å². The zero-order chi connectivity index (χ0) is 16.5. The first-order chi connectivity index (χ1) is 9.69. The first-order valence-electron chi connectivity index (χ1n) is 6.52. The van der Waals surface area contributed by atoms with Crippen LogP contribution in [0.2, 0.25) is 0 Å². The van der Waals surface area contributed by atoms with E-state index < -0.39 is 29.6 Å². The number of carbonyl (C=O) groups excluding carboxylic acids is 3. The molecule has 21 heavy (non-hydrogen) atoms. The Hall–Kier alpha value is -1.44. The first-order valence-corrected chi connectivity index (χ1v) is 7.92. The molecule has 8 heteroatoms. The van der Waals surface area contributed by atoms with Crippen LogP contribution < -0.4 is 10.6 Å². The van der Waals surface area contributed by atoms with Gasteiger partial charge in [0.25, 0.3) is 0 Å². The van der Waals surface area contributed by atoms with Crippen LogP contribution in [0.4, 0.5) is 4.79 Å². The van der Waals surface area contributed by atoms with Gasteiger partial charge in [-0.05, 0) is 39.2 Å². The van der Waals surface area contributed by atoms with Gasteiger partial charge in [0.1, 0.15) is 18.2 Å². The highest BCUT2D eigenvalue weighted by Crippen LogP contribution is 2.06. The van der Waals surface area contributed by atoms with Crippen LogP contribution in [0.5, 0.6) is 0 Å². The molecular weight excluding hydrogens is 296 g/mol. The predicted molar refractivity (Wildman–Crippen MR) is 81.2 cm³/mol. The van der Waals surface area contributed by atoms with Gasteiger partial charge < -0.3 is 20.1 Å². The number of amides is 2. The fourth-order valence-corrected chi connectivity index (χ4v) is 1.81. The van der Waals surface area contributed by atoms with E-state index in [4.69, 9.17) is 4.74 Å². The van der Waals surface area contributed by atoms with Crippen LogP contribution in [0.1, 0.15) is 27.2 Å². The third-order valence-corrected chi connectivity index (χ3v) is 2.87. The van der Waals surface area contributed by atoms with Crippen LogP contribution in [0.3, 0.4) is 0 Å². The fourth-order valence-electron chi connectivity index (χ4n) is 1.34. The molecule has 0 aliphatic rings. The van der Waals surface area contributed by atoms with Crippen molar-refractivity contribution in [2.24, 2.45) is 0 Å². The molecule has 0 aromatic rings. The van der Waals surface area contributed by atoms with Gasteiger partial charge in [0.2, 0.25) is 5.91 Å². The highest BCUT2D eigenvalue weighted by molar-refractivity contribution is 7.98. The SMILES string of the molecule is COC(=O)[C@@H](CCSC)NC(=O)CNC(=O)OC(C)(C)C. The van der Waals surface area contributed by atoms with Crippen molar-refractivity contribution in [3.8, 4) is 0 Å². The molecule has 122 valence electrons. The van der Waals surface area contributed by atoms with Gasteiger partial charge in [0.15, 0.2) is 0 Å². The zero-order valence-corrected chi connectivity index (χ0v) is 14.0. The Labute approximate surface area is 129 Å². The molecule has 0 heterocycles. The number of carbonyl (C=O) groups is 3. The quantitative estimate of drug-likeness (QED) is 0.678. The molecular formula is C13H24N2O5S. The number of ether oxygens (including phenoxy) is 2. The molecule has 0 bridgehead atoms. The van der Waals surface area contributed by atoms with Crippen molar-refractivity contribution < 1.29 is 23.9 Å². The molecule has 0 saturated heterocycles. The van der Waals surface area contributed by atoms with E-state index in [1.807, 2.05) is 6.26 Å². The molecule has 0 aromatic carbocycles. The lowest BCUT2D eigenvalue weighted by Gasteiger charge is -2.20. The Kier molecular flexibility index (Phi) is 8.84. The molecule has 0 radical (unpaired) electrons. The molecule has 0 aromatic heterocycles. The Morgan fingerprint density at radius 1 is 1.24 bits per heavy atom. The van der Waals surface area contributed by atoms with Crippen LogP contribution >= 0.6 is 11.8 Å². The van der Waals surface area contributed by atoms with Gasteiger partial charge in [-0.2, -0.15) is 11.8 Å². The lowest BCUT2D eigenvalue weighted by molar-refractivity contribution is -0.145. The highest BCUT2D eigenvalue weighted by atomic mass is 32.2. The molecule has 0 spiro atoms. The second kappa shape index (κ2) is 9.49. The molecule has 2 N–H and O–H groups in total. The summed E-state index contributed by atoms with van der Waals surface area (Å²) in [5, 5.41) is 4.85. The summed E-state index contributed by atoms with van der Waals surface area (Å²) >= 11 is 1.56. The smallest absolute Gasteiger partial charge is 0.408 e. The van der Waals surface area contributed by atoms with Gasteiger partial charge in [0, 0.05) is 0 Å². The van der Waals surface area contributed by atoms with E-state index in [1.165, 1.54) is 7.11 Å². The Morgan fingerprint density at radius 3 is 2.33 bits per heavy atom. The molecule has 2 amide bonds. The van der Waals surface area contributed by atoms with E-state index in [2.05, 4.69) is 15.4 Å². The van der Waals surface area contributed by atoms with Crippen molar-refractivity contribution in [1.82, 2.24) is 10.6 Å². The van der Waals surface area contributed by atoms with Gasteiger partial charge >= 0.3 is 12.1 Å². The van der Waals surface area contributed by atoms with Crippen molar-refractivity contribution in [3.05, 3.63) is 0 Å². The number of rotatable bonds is 7. The van der Waals surface area contributed by atoms with Crippen molar-refractivity contribution in [2.75, 3.05) is 25.7 Å². The Bertz CT molecular complexity index is 368. The minimum atomic E-state index is -0.713. The van der Waals surface area contributed by atoms with Crippen molar-refractivity contribution in [2.45, 2.75) is 38.8 Å². The van der Waals surface area contributed by atoms with Crippen LogP contribution in [-0.2, 0) is 19.1 Å². The number of thioether (sulfide) groups is 1. The number of hydrogen-bond donors (Lipinski definition) is 2.